The first-order valence-electron chi connectivity index (χ1n) is 4.61. The summed E-state index contributed by atoms with van der Waals surface area (Å²) in [6, 6.07) is 2.15. The molecule has 0 fully saturated rings. The Morgan fingerprint density at radius 3 is 2.44 bits per heavy atom. The molecule has 1 aromatic rings. The molecule has 0 aromatic heterocycles. The number of nitrogens with one attached hydrogen (secondary N) is 1. The third-order valence-electron chi connectivity index (χ3n) is 2.06. The van der Waals surface area contributed by atoms with Crippen LogP contribution in [0.25, 0.3) is 0 Å². The quantitative estimate of drug-likeness (QED) is 0.898. The van der Waals surface area contributed by atoms with Crippen LogP contribution < -0.4 is 11.1 Å². The van der Waals surface area contributed by atoms with Gasteiger partial charge >= 0.3 is 0 Å². The van der Waals surface area contributed by atoms with Gasteiger partial charge in [0.1, 0.15) is 5.69 Å². The summed E-state index contributed by atoms with van der Waals surface area (Å²) in [6.07, 6.45) is 0. The minimum absolute atomic E-state index is 0.117. The normalized spacial score (nSPS) is 12.3. The van der Waals surface area contributed by atoms with E-state index in [9.17, 15) is 13.6 Å². The number of hydrogen-bond donors (Lipinski definition) is 2. The molecule has 3 nitrogen and oxygen atoms in total. The number of rotatable bonds is 3. The number of carbonyl (C=O) groups excluding carboxylic acids is 1. The molecular weight excluding hydrogens is 282 g/mol. The molecule has 1 amide bonds. The Labute approximate surface area is 100 Å². The maximum absolute atomic E-state index is 13.3. The van der Waals surface area contributed by atoms with Gasteiger partial charge in [-0.25, -0.2) is 8.78 Å². The van der Waals surface area contributed by atoms with Gasteiger partial charge < -0.3 is 11.1 Å². The minimum Gasteiger partial charge on any atom is -0.330 e. The Morgan fingerprint density at radius 2 is 2.00 bits per heavy atom. The molecular formula is C10H11BrF2N2O. The highest BCUT2D eigenvalue weighted by molar-refractivity contribution is 9.10. The zero-order valence-corrected chi connectivity index (χ0v) is 10.1. The molecule has 88 valence electrons. The topological polar surface area (TPSA) is 55.1 Å². The van der Waals surface area contributed by atoms with E-state index >= 15 is 0 Å². The minimum atomic E-state index is -0.829. The van der Waals surface area contributed by atoms with E-state index in [4.69, 9.17) is 5.73 Å². The first-order chi connectivity index (χ1) is 7.45. The van der Waals surface area contributed by atoms with Gasteiger partial charge in [-0.3, -0.25) is 4.79 Å². The first kappa shape index (κ1) is 13.1. The van der Waals surface area contributed by atoms with Gasteiger partial charge in [-0.1, -0.05) is 22.9 Å². The van der Waals surface area contributed by atoms with E-state index in [-0.39, 0.29) is 11.0 Å². The molecule has 1 atom stereocenters. The zero-order valence-electron chi connectivity index (χ0n) is 8.56. The SMILES string of the molecule is CC(CN)C(=O)Nc1c(F)cc(Br)cc1F. The van der Waals surface area contributed by atoms with Gasteiger partial charge in [0.25, 0.3) is 0 Å². The molecule has 0 radical (unpaired) electrons. The van der Waals surface area contributed by atoms with Gasteiger partial charge in [-0.2, -0.15) is 0 Å². The summed E-state index contributed by atoms with van der Waals surface area (Å²) in [6.45, 7) is 1.69. The van der Waals surface area contributed by atoms with Crippen molar-refractivity contribution < 1.29 is 13.6 Å². The van der Waals surface area contributed by atoms with Crippen LogP contribution in [-0.4, -0.2) is 12.5 Å². The Hall–Kier alpha value is -1.01. The number of hydrogen-bond acceptors (Lipinski definition) is 2. The fourth-order valence-electron chi connectivity index (χ4n) is 1.02. The highest BCUT2D eigenvalue weighted by atomic mass is 79.9. The van der Waals surface area contributed by atoms with E-state index in [0.717, 1.165) is 12.1 Å². The number of nitrogens with two attached hydrogens (primary N) is 1. The monoisotopic (exact) mass is 292 g/mol. The molecule has 0 bridgehead atoms. The van der Waals surface area contributed by atoms with Gasteiger partial charge in [0.15, 0.2) is 11.6 Å². The van der Waals surface area contributed by atoms with Crippen LogP contribution in [0, 0.1) is 17.6 Å². The number of amides is 1. The Bertz CT molecular complexity index is 389. The van der Waals surface area contributed by atoms with E-state index in [0.29, 0.717) is 0 Å². The third-order valence-corrected chi connectivity index (χ3v) is 2.51. The summed E-state index contributed by atoms with van der Waals surface area (Å²) in [5, 5.41) is 2.17. The summed E-state index contributed by atoms with van der Waals surface area (Å²) < 4.78 is 26.9. The highest BCUT2D eigenvalue weighted by Gasteiger charge is 2.16. The summed E-state index contributed by atoms with van der Waals surface area (Å²) >= 11 is 2.94. The zero-order chi connectivity index (χ0) is 12.3. The lowest BCUT2D eigenvalue weighted by molar-refractivity contribution is -0.119. The van der Waals surface area contributed by atoms with Crippen molar-refractivity contribution in [1.82, 2.24) is 0 Å². The third kappa shape index (κ3) is 2.99. The molecule has 0 saturated carbocycles. The van der Waals surface area contributed by atoms with Crippen molar-refractivity contribution in [3.05, 3.63) is 28.2 Å². The fraction of sp³-hybridized carbons (Fsp3) is 0.300. The molecule has 16 heavy (non-hydrogen) atoms. The predicted molar refractivity (Wildman–Crippen MR) is 60.9 cm³/mol. The second-order valence-electron chi connectivity index (χ2n) is 3.37. The van der Waals surface area contributed by atoms with Crippen LogP contribution >= 0.6 is 15.9 Å². The number of benzene rings is 1. The van der Waals surface area contributed by atoms with Gasteiger partial charge in [-0.05, 0) is 12.1 Å². The molecule has 1 aromatic carbocycles. The summed E-state index contributed by atoms with van der Waals surface area (Å²) in [5.41, 5.74) is 4.82. The van der Waals surface area contributed by atoms with E-state index in [1.165, 1.54) is 0 Å². The van der Waals surface area contributed by atoms with Crippen molar-refractivity contribution in [2.45, 2.75) is 6.92 Å². The molecule has 1 rings (SSSR count). The summed E-state index contributed by atoms with van der Waals surface area (Å²) in [7, 11) is 0. The van der Waals surface area contributed by atoms with E-state index in [1.54, 1.807) is 6.92 Å². The molecule has 1 unspecified atom stereocenters. The highest BCUT2D eigenvalue weighted by Crippen LogP contribution is 2.24. The second-order valence-corrected chi connectivity index (χ2v) is 4.29. The lowest BCUT2D eigenvalue weighted by Crippen LogP contribution is -2.27. The molecule has 0 aliphatic carbocycles. The molecule has 0 heterocycles. The summed E-state index contributed by atoms with van der Waals surface area (Å²) in [4.78, 5) is 11.4. The van der Waals surface area contributed by atoms with Crippen LogP contribution in [-0.2, 0) is 4.79 Å². The van der Waals surface area contributed by atoms with Gasteiger partial charge in [0.05, 0.1) is 0 Å². The molecule has 0 spiro atoms. The van der Waals surface area contributed by atoms with Crippen LogP contribution in [0.3, 0.4) is 0 Å². The lowest BCUT2D eigenvalue weighted by atomic mass is 10.1. The second kappa shape index (κ2) is 5.36. The van der Waals surface area contributed by atoms with Crippen molar-refractivity contribution in [3.63, 3.8) is 0 Å². The number of anilines is 1. The summed E-state index contributed by atoms with van der Waals surface area (Å²) in [5.74, 6) is -2.67. The van der Waals surface area contributed by atoms with Crippen LogP contribution in [0.4, 0.5) is 14.5 Å². The molecule has 3 N–H and O–H groups in total. The maximum Gasteiger partial charge on any atom is 0.228 e. The van der Waals surface area contributed by atoms with Crippen molar-refractivity contribution >= 4 is 27.5 Å². The Balaban J connectivity index is 2.93. The van der Waals surface area contributed by atoms with Gasteiger partial charge in [0.2, 0.25) is 5.91 Å². The lowest BCUT2D eigenvalue weighted by Gasteiger charge is -2.11. The molecule has 6 heteroatoms. The van der Waals surface area contributed by atoms with Crippen LogP contribution in [0.2, 0.25) is 0 Å². The standard InChI is InChI=1S/C10H11BrF2N2O/c1-5(4-14)10(16)15-9-7(12)2-6(11)3-8(9)13/h2-3,5H,4,14H2,1H3,(H,15,16). The number of carbonyl (C=O) groups is 1. The van der Waals surface area contributed by atoms with E-state index in [2.05, 4.69) is 21.2 Å². The fourth-order valence-corrected chi connectivity index (χ4v) is 1.42. The van der Waals surface area contributed by atoms with Crippen molar-refractivity contribution in [2.24, 2.45) is 11.7 Å². The van der Waals surface area contributed by atoms with Crippen molar-refractivity contribution in [3.8, 4) is 0 Å². The van der Waals surface area contributed by atoms with Crippen LogP contribution in [0.5, 0.6) is 0 Å². The Kier molecular flexibility index (Phi) is 4.37. The van der Waals surface area contributed by atoms with Crippen molar-refractivity contribution in [2.75, 3.05) is 11.9 Å². The largest absolute Gasteiger partial charge is 0.330 e. The average molecular weight is 293 g/mol. The van der Waals surface area contributed by atoms with Crippen LogP contribution in [0.15, 0.2) is 16.6 Å². The Morgan fingerprint density at radius 1 is 1.50 bits per heavy atom. The molecule has 0 aliphatic rings. The molecule has 0 aliphatic heterocycles. The molecule has 0 saturated heterocycles. The predicted octanol–water partition coefficient (Wildman–Crippen LogP) is 2.26. The maximum atomic E-state index is 13.3. The number of halogens is 3. The smallest absolute Gasteiger partial charge is 0.228 e. The van der Waals surface area contributed by atoms with Crippen LogP contribution in [0.1, 0.15) is 6.92 Å². The van der Waals surface area contributed by atoms with E-state index in [1.807, 2.05) is 0 Å². The van der Waals surface area contributed by atoms with Gasteiger partial charge in [0, 0.05) is 16.9 Å². The van der Waals surface area contributed by atoms with Crippen molar-refractivity contribution in [1.29, 1.82) is 0 Å². The van der Waals surface area contributed by atoms with E-state index < -0.39 is 29.1 Å². The first-order valence-corrected chi connectivity index (χ1v) is 5.40. The average Bonchev–Trinajstić information content (AvgIpc) is 2.21. The van der Waals surface area contributed by atoms with Gasteiger partial charge in [-0.15, -0.1) is 0 Å².